The van der Waals surface area contributed by atoms with Crippen LogP contribution >= 0.6 is 0 Å². The minimum Gasteiger partial charge on any atom is -0.492 e. The predicted octanol–water partition coefficient (Wildman–Crippen LogP) is 4.62. The largest absolute Gasteiger partial charge is 0.492 e. The molecule has 0 N–H and O–H groups in total. The summed E-state index contributed by atoms with van der Waals surface area (Å²) in [6.07, 6.45) is 7.01. The topological polar surface area (TPSA) is 52.6 Å². The molecular weight excluding hydrogens is 340 g/mol. The SMILES string of the molecule is C=CCc1cccc(C=O)c1OCCCOc1c(C=O)cccc1CC=C. The summed E-state index contributed by atoms with van der Waals surface area (Å²) in [5.74, 6) is 1.18. The molecule has 0 radical (unpaired) electrons. The van der Waals surface area contributed by atoms with Gasteiger partial charge in [-0.3, -0.25) is 9.59 Å². The van der Waals surface area contributed by atoms with E-state index >= 15 is 0 Å². The van der Waals surface area contributed by atoms with Crippen molar-refractivity contribution in [2.75, 3.05) is 13.2 Å². The Hall–Kier alpha value is -3.14. The van der Waals surface area contributed by atoms with Crippen molar-refractivity contribution in [1.82, 2.24) is 0 Å². The summed E-state index contributed by atoms with van der Waals surface area (Å²) in [7, 11) is 0. The quantitative estimate of drug-likeness (QED) is 0.313. The lowest BCUT2D eigenvalue weighted by molar-refractivity contribution is 0.111. The zero-order chi connectivity index (χ0) is 19.5. The number of ether oxygens (including phenoxy) is 2. The molecule has 2 aromatic carbocycles. The summed E-state index contributed by atoms with van der Waals surface area (Å²) in [6, 6.07) is 11.0. The van der Waals surface area contributed by atoms with E-state index in [9.17, 15) is 9.59 Å². The second kappa shape index (κ2) is 10.8. The van der Waals surface area contributed by atoms with Crippen LogP contribution in [0.4, 0.5) is 0 Å². The molecule has 0 saturated carbocycles. The number of carbonyl (C=O) groups is 2. The first-order chi connectivity index (χ1) is 13.2. The third-order valence-electron chi connectivity index (χ3n) is 4.02. The van der Waals surface area contributed by atoms with Crippen LogP contribution in [0.25, 0.3) is 0 Å². The van der Waals surface area contributed by atoms with E-state index in [1.54, 1.807) is 24.3 Å². The average molecular weight is 364 g/mol. The number of aldehydes is 2. The third-order valence-corrected chi connectivity index (χ3v) is 4.02. The van der Waals surface area contributed by atoms with Gasteiger partial charge in [0.1, 0.15) is 11.5 Å². The van der Waals surface area contributed by atoms with E-state index in [-0.39, 0.29) is 0 Å². The first-order valence-corrected chi connectivity index (χ1v) is 8.86. The molecule has 0 heterocycles. The minimum atomic E-state index is 0.398. The zero-order valence-electron chi connectivity index (χ0n) is 15.4. The molecular formula is C23H24O4. The third kappa shape index (κ3) is 5.42. The Balaban J connectivity index is 1.97. The number of allylic oxidation sites excluding steroid dienone is 2. The fourth-order valence-corrected chi connectivity index (χ4v) is 2.79. The normalized spacial score (nSPS) is 10.1. The maximum Gasteiger partial charge on any atom is 0.153 e. The molecule has 4 nitrogen and oxygen atoms in total. The fourth-order valence-electron chi connectivity index (χ4n) is 2.79. The molecule has 0 unspecified atom stereocenters. The van der Waals surface area contributed by atoms with E-state index in [0.717, 1.165) is 23.7 Å². The molecule has 0 aromatic heterocycles. The van der Waals surface area contributed by atoms with E-state index in [0.29, 0.717) is 55.1 Å². The Labute approximate surface area is 160 Å². The van der Waals surface area contributed by atoms with Gasteiger partial charge in [0.25, 0.3) is 0 Å². The van der Waals surface area contributed by atoms with Crippen molar-refractivity contribution in [1.29, 1.82) is 0 Å². The van der Waals surface area contributed by atoms with Gasteiger partial charge in [-0.15, -0.1) is 13.2 Å². The van der Waals surface area contributed by atoms with Crippen molar-refractivity contribution < 1.29 is 19.1 Å². The van der Waals surface area contributed by atoms with Gasteiger partial charge < -0.3 is 9.47 Å². The van der Waals surface area contributed by atoms with Crippen LogP contribution < -0.4 is 9.47 Å². The smallest absolute Gasteiger partial charge is 0.153 e. The van der Waals surface area contributed by atoms with Gasteiger partial charge in [0.15, 0.2) is 12.6 Å². The lowest BCUT2D eigenvalue weighted by Crippen LogP contribution is -2.09. The highest BCUT2D eigenvalue weighted by atomic mass is 16.5. The van der Waals surface area contributed by atoms with Gasteiger partial charge >= 0.3 is 0 Å². The second-order valence-corrected chi connectivity index (χ2v) is 5.94. The highest BCUT2D eigenvalue weighted by molar-refractivity contribution is 5.80. The maximum absolute atomic E-state index is 11.3. The number of rotatable bonds is 12. The van der Waals surface area contributed by atoms with Crippen LogP contribution in [-0.4, -0.2) is 25.8 Å². The van der Waals surface area contributed by atoms with Crippen LogP contribution in [0.15, 0.2) is 61.7 Å². The van der Waals surface area contributed by atoms with Gasteiger partial charge in [-0.05, 0) is 36.1 Å². The summed E-state index contributed by atoms with van der Waals surface area (Å²) in [5.41, 5.74) is 2.90. The lowest BCUT2D eigenvalue weighted by atomic mass is 10.1. The zero-order valence-corrected chi connectivity index (χ0v) is 15.4. The van der Waals surface area contributed by atoms with Crippen LogP contribution in [0.2, 0.25) is 0 Å². The first kappa shape index (κ1) is 20.2. The summed E-state index contributed by atoms with van der Waals surface area (Å²) < 4.78 is 11.7. The van der Waals surface area contributed by atoms with E-state index in [1.807, 2.05) is 24.3 Å². The highest BCUT2D eigenvalue weighted by Crippen LogP contribution is 2.25. The Morgan fingerprint density at radius 2 is 1.19 bits per heavy atom. The Morgan fingerprint density at radius 3 is 1.56 bits per heavy atom. The predicted molar refractivity (Wildman–Crippen MR) is 107 cm³/mol. The molecule has 0 saturated heterocycles. The van der Waals surface area contributed by atoms with Crippen molar-refractivity contribution in [3.63, 3.8) is 0 Å². The summed E-state index contributed by atoms with van der Waals surface area (Å²) >= 11 is 0. The Bertz CT molecular complexity index is 741. The number of para-hydroxylation sites is 2. The van der Waals surface area contributed by atoms with Crippen LogP contribution in [0.3, 0.4) is 0 Å². The monoisotopic (exact) mass is 364 g/mol. The Kier molecular flexibility index (Phi) is 8.04. The molecule has 0 amide bonds. The van der Waals surface area contributed by atoms with Crippen molar-refractivity contribution >= 4 is 12.6 Å². The van der Waals surface area contributed by atoms with E-state index < -0.39 is 0 Å². The average Bonchev–Trinajstić information content (AvgIpc) is 2.69. The van der Waals surface area contributed by atoms with Crippen LogP contribution in [0.1, 0.15) is 38.3 Å². The highest BCUT2D eigenvalue weighted by Gasteiger charge is 2.10. The summed E-state index contributed by atoms with van der Waals surface area (Å²) in [5, 5.41) is 0. The summed E-state index contributed by atoms with van der Waals surface area (Å²) in [6.45, 7) is 8.27. The number of carbonyl (C=O) groups excluding carboxylic acids is 2. The molecule has 0 aliphatic rings. The van der Waals surface area contributed by atoms with E-state index in [2.05, 4.69) is 13.2 Å². The molecule has 2 aromatic rings. The van der Waals surface area contributed by atoms with Crippen molar-refractivity contribution in [2.45, 2.75) is 19.3 Å². The van der Waals surface area contributed by atoms with Crippen LogP contribution in [0.5, 0.6) is 11.5 Å². The molecule has 0 aliphatic heterocycles. The maximum atomic E-state index is 11.3. The van der Waals surface area contributed by atoms with Crippen LogP contribution in [-0.2, 0) is 12.8 Å². The van der Waals surface area contributed by atoms with Gasteiger partial charge in [-0.25, -0.2) is 0 Å². The molecule has 0 spiro atoms. The lowest BCUT2D eigenvalue weighted by Gasteiger charge is -2.15. The van der Waals surface area contributed by atoms with Crippen molar-refractivity contribution in [3.8, 4) is 11.5 Å². The molecule has 27 heavy (non-hydrogen) atoms. The Morgan fingerprint density at radius 1 is 0.741 bits per heavy atom. The molecule has 4 heteroatoms. The van der Waals surface area contributed by atoms with Gasteiger partial charge in [0, 0.05) is 6.42 Å². The molecule has 0 aliphatic carbocycles. The molecule has 0 bridgehead atoms. The van der Waals surface area contributed by atoms with Crippen LogP contribution in [0, 0.1) is 0 Å². The van der Waals surface area contributed by atoms with E-state index in [1.165, 1.54) is 0 Å². The molecule has 0 atom stereocenters. The van der Waals surface area contributed by atoms with Gasteiger partial charge in [-0.1, -0.05) is 36.4 Å². The second-order valence-electron chi connectivity index (χ2n) is 5.94. The number of benzene rings is 2. The van der Waals surface area contributed by atoms with Gasteiger partial charge in [0.2, 0.25) is 0 Å². The fraction of sp³-hybridized carbons (Fsp3) is 0.217. The first-order valence-electron chi connectivity index (χ1n) is 8.86. The van der Waals surface area contributed by atoms with Crippen molar-refractivity contribution in [3.05, 3.63) is 84.0 Å². The van der Waals surface area contributed by atoms with Gasteiger partial charge in [0.05, 0.1) is 24.3 Å². The van der Waals surface area contributed by atoms with Crippen molar-refractivity contribution in [2.24, 2.45) is 0 Å². The number of hydrogen-bond acceptors (Lipinski definition) is 4. The van der Waals surface area contributed by atoms with Gasteiger partial charge in [-0.2, -0.15) is 0 Å². The molecule has 2 rings (SSSR count). The minimum absolute atomic E-state index is 0.398. The molecule has 140 valence electrons. The standard InChI is InChI=1S/C23H24O4/c1-3-8-18-10-5-12-20(16-24)22(18)26-14-7-15-27-23-19(9-4-2)11-6-13-21(23)17-25/h3-6,10-13,16-17H,1-2,7-9,14-15H2. The van der Waals surface area contributed by atoms with E-state index in [4.69, 9.17) is 9.47 Å². The number of hydrogen-bond donors (Lipinski definition) is 0. The summed E-state index contributed by atoms with van der Waals surface area (Å²) in [4.78, 5) is 22.5. The molecule has 0 fully saturated rings.